The summed E-state index contributed by atoms with van der Waals surface area (Å²) in [7, 11) is 0. The summed E-state index contributed by atoms with van der Waals surface area (Å²) in [6.07, 6.45) is 14.8. The molecule has 0 aliphatic carbocycles. The number of pyridine rings is 1. The number of nitrogens with zero attached hydrogens (tertiary/aromatic N) is 10. The van der Waals surface area contributed by atoms with E-state index < -0.39 is 12.1 Å². The van der Waals surface area contributed by atoms with Gasteiger partial charge in [0.15, 0.2) is 10.9 Å². The minimum atomic E-state index is -0.442. The van der Waals surface area contributed by atoms with Gasteiger partial charge < -0.3 is 18.6 Å². The number of aromatic nitrogens is 7. The first kappa shape index (κ1) is 78.7. The van der Waals surface area contributed by atoms with Crippen molar-refractivity contribution in [3.05, 3.63) is 194 Å². The zero-order valence-electron chi connectivity index (χ0n) is 46.2. The van der Waals surface area contributed by atoms with Gasteiger partial charge in [-0.2, -0.15) is 40.5 Å². The van der Waals surface area contributed by atoms with Crippen molar-refractivity contribution in [2.24, 2.45) is 0 Å². The number of alkyl halides is 1. The van der Waals surface area contributed by atoms with Crippen molar-refractivity contribution in [3.63, 3.8) is 0 Å². The van der Waals surface area contributed by atoms with Crippen molar-refractivity contribution in [2.75, 3.05) is 24.6 Å². The number of likely N-dealkylation sites (tertiary alicyclic amines) is 3. The summed E-state index contributed by atoms with van der Waals surface area (Å²) >= 11 is 31.4. The molecule has 3 amide bonds. The molecule has 0 unspecified atom stereocenters. The SMILES string of the molecule is C.CI.O=C(CCc1nccnc1Cl)[C@@H]1CCCN1C(=O)OCc1ccccc1.O=C(OCc1ccccc1)N1CCC[C@H]1c1nc(Br)c2c(Cl)nccn12.O=C(OCc1ccccc1)N1CCC[C@H]1c1ncc2c(Cl)cccn12.S.S.S.[I][V]([I])[I]. The molecule has 0 saturated carbocycles. The van der Waals surface area contributed by atoms with Crippen LogP contribution in [-0.2, 0) is 50.2 Å². The number of Topliss-reactive ketones (excluding diaryl/α,β-unsaturated/α-hetero) is 1. The number of benzene rings is 3. The number of carbonyl (C=O) groups excluding carboxylic acids is 4. The van der Waals surface area contributed by atoms with Gasteiger partial charge in [-0.3, -0.25) is 28.9 Å². The molecule has 0 radical (unpaired) electrons. The zero-order valence-corrected chi connectivity index (χ0v) is 63.1. The van der Waals surface area contributed by atoms with Crippen molar-refractivity contribution in [1.82, 2.24) is 48.4 Å². The average Bonchev–Trinajstić information content (AvgIpc) is 1.78. The maximum absolute atomic E-state index is 12.6. The number of imidazole rings is 2. The Hall–Kier alpha value is -2.57. The van der Waals surface area contributed by atoms with Crippen molar-refractivity contribution in [3.8, 4) is 0 Å². The molecular formula is C58H67BrCl3I4N10O7S3V. The van der Waals surface area contributed by atoms with E-state index in [4.69, 9.17) is 49.0 Å². The number of ketones is 1. The number of aryl methyl sites for hydroxylation is 1. The first-order chi connectivity index (χ1) is 40.3. The number of carbonyl (C=O) groups is 4. The van der Waals surface area contributed by atoms with Gasteiger partial charge in [0, 0.05) is 57.0 Å². The third-order valence-electron chi connectivity index (χ3n) is 13.4. The Balaban J connectivity index is 0.000000319. The van der Waals surface area contributed by atoms with Gasteiger partial charge in [0.1, 0.15) is 46.7 Å². The number of amides is 3. The summed E-state index contributed by atoms with van der Waals surface area (Å²) in [4.78, 5) is 78.2. The monoisotopic (exact) mass is 1850 g/mol. The first-order valence-corrected chi connectivity index (χ1v) is 43.7. The summed E-state index contributed by atoms with van der Waals surface area (Å²) in [5.74, 6) is 1.58. The Labute approximate surface area is 603 Å². The topological polar surface area (TPSA) is 179 Å². The molecule has 3 aliphatic heterocycles. The van der Waals surface area contributed by atoms with Crippen LogP contribution in [0.3, 0.4) is 0 Å². The standard InChI is InChI=1S/C19H20ClN3O3.C19H18ClN3O2.C18H16BrClN4O2.CH3I.CH4.3HI.3H2S.V/c20-18-15(21-10-11-22-18)8-9-17(24)16-7-4-12-23(16)19(25)26-13-14-5-2-1-3-6-14;20-15-8-4-10-22-17(15)12-21-18(22)16-9-5-11-23(16)19(24)25-13-14-6-2-1-3-7-14;19-15-14-16(20)21-8-10-24(14)17(22-15)13-7-4-9-23(13)18(25)26-11-12-5-2-1-3-6-12;1-2;;;;;;;;/h1-3,5-6,10-11,16H,4,7-9,12-13H2;1-4,6-8,10,12,16H,5,9,11,13H2;1-3,5-6,8,10,13H,4,7,9,11H2;1H3;1H4;3*1H;3*1H2;/q;;;;;;;;;;;+3/p-3/t2*16-;13-;;;;;;;;;/m000........./s1. The molecule has 0 N–H and O–H groups in total. The van der Waals surface area contributed by atoms with E-state index in [1.807, 2.05) is 123 Å². The molecule has 3 fully saturated rings. The number of halogens is 8. The summed E-state index contributed by atoms with van der Waals surface area (Å²) in [6, 6.07) is 31.9. The predicted molar refractivity (Wildman–Crippen MR) is 393 cm³/mol. The molecule has 0 bridgehead atoms. The van der Waals surface area contributed by atoms with Gasteiger partial charge in [-0.15, -0.1) is 0 Å². The second-order valence-corrected chi connectivity index (χ2v) is 55.8. The molecule has 3 atom stereocenters. The van der Waals surface area contributed by atoms with E-state index in [9.17, 15) is 19.2 Å². The predicted octanol–water partition coefficient (Wildman–Crippen LogP) is 17.2. The Morgan fingerprint density at radius 3 is 1.56 bits per heavy atom. The number of hydrogen-bond acceptors (Lipinski definition) is 12. The molecule has 8 aromatic rings. The zero-order chi connectivity index (χ0) is 59.3. The van der Waals surface area contributed by atoms with Crippen molar-refractivity contribution in [1.29, 1.82) is 0 Å². The number of hydrogen-bond donors (Lipinski definition) is 0. The molecule has 3 aromatic carbocycles. The molecule has 29 heteroatoms. The van der Waals surface area contributed by atoms with Gasteiger partial charge >= 0.3 is 83.1 Å². The van der Waals surface area contributed by atoms with E-state index >= 15 is 0 Å². The van der Waals surface area contributed by atoms with Crippen molar-refractivity contribution in [2.45, 2.75) is 96.7 Å². The van der Waals surface area contributed by atoms with Crippen LogP contribution in [0, 0.1) is 0 Å². The Morgan fingerprint density at radius 1 is 0.586 bits per heavy atom. The normalized spacial score (nSPS) is 15.4. The fourth-order valence-electron chi connectivity index (χ4n) is 9.63. The summed E-state index contributed by atoms with van der Waals surface area (Å²) < 4.78 is 20.8. The van der Waals surface area contributed by atoms with Crippen LogP contribution in [0.1, 0.15) is 98.5 Å². The van der Waals surface area contributed by atoms with Gasteiger partial charge in [-0.05, 0) is 94.6 Å². The fourth-order valence-corrected chi connectivity index (χ4v) is 11.0. The summed E-state index contributed by atoms with van der Waals surface area (Å²) in [6.45, 7) is 2.58. The van der Waals surface area contributed by atoms with Crippen LogP contribution in [-0.4, -0.2) is 103 Å². The molecule has 3 saturated heterocycles. The van der Waals surface area contributed by atoms with Gasteiger partial charge in [-0.25, -0.2) is 34.3 Å². The summed E-state index contributed by atoms with van der Waals surface area (Å²) in [5.41, 5.74) is 5.00. The Morgan fingerprint density at radius 2 is 1.05 bits per heavy atom. The van der Waals surface area contributed by atoms with E-state index in [-0.39, 0.29) is 109 Å². The molecule has 3 aliphatic rings. The van der Waals surface area contributed by atoms with Crippen LogP contribution < -0.4 is 0 Å². The van der Waals surface area contributed by atoms with Crippen LogP contribution in [0.5, 0.6) is 0 Å². The summed E-state index contributed by atoms with van der Waals surface area (Å²) in [5, 5.41) is 1.33. The molecule has 0 spiro atoms. The van der Waals surface area contributed by atoms with Crippen LogP contribution >= 0.6 is 174 Å². The fraction of sp³-hybridized carbons (Fsp3) is 0.328. The first-order valence-electron chi connectivity index (χ1n) is 26.1. The molecule has 8 heterocycles. The van der Waals surface area contributed by atoms with E-state index in [2.05, 4.69) is 123 Å². The molecule has 5 aromatic heterocycles. The van der Waals surface area contributed by atoms with E-state index in [0.717, 1.165) is 66.0 Å². The van der Waals surface area contributed by atoms with Crippen LogP contribution in [0.25, 0.3) is 11.0 Å². The molecule has 11 rings (SSSR count). The molecular weight excluding hydrogens is 1790 g/mol. The van der Waals surface area contributed by atoms with Crippen LogP contribution in [0.4, 0.5) is 14.4 Å². The Bertz CT molecular complexity index is 3400. The average molecular weight is 1860 g/mol. The third-order valence-corrected chi connectivity index (χ3v) is 14.9. The number of fused-ring (bicyclic) bond motifs is 2. The van der Waals surface area contributed by atoms with Crippen LogP contribution in [0.2, 0.25) is 15.3 Å². The van der Waals surface area contributed by atoms with E-state index in [1.165, 1.54) is 11.1 Å². The van der Waals surface area contributed by atoms with Gasteiger partial charge in [0.25, 0.3) is 0 Å². The minimum absolute atomic E-state index is 0. The van der Waals surface area contributed by atoms with Gasteiger partial charge in [-0.1, -0.05) is 156 Å². The van der Waals surface area contributed by atoms with E-state index in [0.29, 0.717) is 63.6 Å². The van der Waals surface area contributed by atoms with Crippen LogP contribution in [0.15, 0.2) is 145 Å². The second-order valence-electron chi connectivity index (χ2n) is 18.6. The van der Waals surface area contributed by atoms with E-state index in [1.54, 1.807) is 34.6 Å². The van der Waals surface area contributed by atoms with Gasteiger partial charge in [0.05, 0.1) is 40.6 Å². The maximum atomic E-state index is 12.6. The third kappa shape index (κ3) is 22.9. The van der Waals surface area contributed by atoms with Crippen molar-refractivity contribution >= 4 is 209 Å². The molecule has 470 valence electrons. The second kappa shape index (κ2) is 41.1. The number of rotatable bonds is 12. The van der Waals surface area contributed by atoms with Crippen molar-refractivity contribution < 1.29 is 38.3 Å². The number of ether oxygens (including phenoxy) is 3. The van der Waals surface area contributed by atoms with Gasteiger partial charge in [0.2, 0.25) is 0 Å². The quantitative estimate of drug-likeness (QED) is 0.0643. The molecule has 87 heavy (non-hydrogen) atoms. The molecule has 17 nitrogen and oxygen atoms in total. The Kier molecular flexibility index (Phi) is 37.2.